The highest BCUT2D eigenvalue weighted by molar-refractivity contribution is 7.10. The van der Waals surface area contributed by atoms with Crippen LogP contribution in [0.15, 0.2) is 18.6 Å². The predicted octanol–water partition coefficient (Wildman–Crippen LogP) is 2.63. The van der Waals surface area contributed by atoms with Gasteiger partial charge in [-0.15, -0.1) is 4.37 Å². The molecule has 2 aliphatic carbocycles. The van der Waals surface area contributed by atoms with Gasteiger partial charge in [0.2, 0.25) is 5.13 Å². The van der Waals surface area contributed by atoms with E-state index in [0.29, 0.717) is 23.0 Å². The summed E-state index contributed by atoms with van der Waals surface area (Å²) in [6.45, 7) is 0. The Kier molecular flexibility index (Phi) is 4.89. The summed E-state index contributed by atoms with van der Waals surface area (Å²) in [6.07, 6.45) is 7.76. The number of hydrogen-bond acceptors (Lipinski definition) is 8. The number of urea groups is 1. The van der Waals surface area contributed by atoms with Gasteiger partial charge in [0.1, 0.15) is 17.8 Å². The molecule has 158 valence electrons. The Hall–Kier alpha value is -2.95. The highest BCUT2D eigenvalue weighted by atomic mass is 32.1. The van der Waals surface area contributed by atoms with Crippen molar-refractivity contribution in [2.75, 3.05) is 24.4 Å². The van der Waals surface area contributed by atoms with Crippen LogP contribution in [-0.4, -0.2) is 56.6 Å². The molecule has 30 heavy (non-hydrogen) atoms. The van der Waals surface area contributed by atoms with Crippen LogP contribution in [0.4, 0.5) is 15.7 Å². The molecule has 10 nitrogen and oxygen atoms in total. The highest BCUT2D eigenvalue weighted by Gasteiger charge is 2.43. The number of carbonyl (C=O) groups is 1. The maximum Gasteiger partial charge on any atom is 0.329 e. The molecule has 0 bridgehead atoms. The molecule has 0 aromatic carbocycles. The zero-order valence-corrected chi connectivity index (χ0v) is 17.6. The van der Waals surface area contributed by atoms with Crippen LogP contribution in [0.1, 0.15) is 25.7 Å². The zero-order valence-electron chi connectivity index (χ0n) is 16.8. The summed E-state index contributed by atoms with van der Waals surface area (Å²) >= 11 is 1.10. The Morgan fingerprint density at radius 3 is 2.80 bits per heavy atom. The molecule has 3 unspecified atom stereocenters. The third-order valence-electron chi connectivity index (χ3n) is 6.35. The van der Waals surface area contributed by atoms with Gasteiger partial charge >= 0.3 is 12.0 Å². The van der Waals surface area contributed by atoms with Gasteiger partial charge in [0.15, 0.2) is 0 Å². The third-order valence-corrected chi connectivity index (χ3v) is 6.96. The van der Waals surface area contributed by atoms with Gasteiger partial charge in [-0.2, -0.15) is 4.98 Å². The molecular weight excluding hydrogens is 404 g/mol. The van der Waals surface area contributed by atoms with Crippen molar-refractivity contribution in [2.24, 2.45) is 11.8 Å². The lowest BCUT2D eigenvalue weighted by Crippen LogP contribution is -2.37. The van der Waals surface area contributed by atoms with E-state index in [9.17, 15) is 4.79 Å². The highest BCUT2D eigenvalue weighted by Crippen LogP contribution is 2.46. The minimum absolute atomic E-state index is 0.191. The van der Waals surface area contributed by atoms with E-state index in [-0.39, 0.29) is 18.1 Å². The summed E-state index contributed by atoms with van der Waals surface area (Å²) in [5.41, 5.74) is 0.869. The quantitative estimate of drug-likeness (QED) is 0.571. The summed E-state index contributed by atoms with van der Waals surface area (Å²) < 4.78 is 8.92. The number of methoxy groups -OCH3 is 1. The van der Waals surface area contributed by atoms with Gasteiger partial charge in [0.25, 0.3) is 0 Å². The number of amides is 2. The Balaban J connectivity index is 1.16. The van der Waals surface area contributed by atoms with Crippen LogP contribution in [0.2, 0.25) is 0 Å². The molecule has 3 N–H and O–H groups in total. The number of aromatic nitrogens is 5. The maximum absolute atomic E-state index is 12.3. The summed E-state index contributed by atoms with van der Waals surface area (Å²) in [6, 6.07) is 2.71. The minimum atomic E-state index is -0.233. The van der Waals surface area contributed by atoms with Crippen LogP contribution in [0.3, 0.4) is 0 Å². The Labute approximate surface area is 177 Å². The van der Waals surface area contributed by atoms with E-state index < -0.39 is 0 Å². The molecule has 2 fully saturated rings. The van der Waals surface area contributed by atoms with E-state index in [1.54, 1.807) is 6.33 Å². The fraction of sp³-hybridized carbons (Fsp3) is 0.526. The van der Waals surface area contributed by atoms with Crippen LogP contribution >= 0.6 is 11.5 Å². The van der Waals surface area contributed by atoms with Crippen molar-refractivity contribution in [3.8, 4) is 6.01 Å². The Bertz CT molecular complexity index is 1040. The molecular formula is C19H24N8O2S. The van der Waals surface area contributed by atoms with Crippen molar-refractivity contribution < 1.29 is 9.53 Å². The van der Waals surface area contributed by atoms with Gasteiger partial charge < -0.3 is 19.9 Å². The summed E-state index contributed by atoms with van der Waals surface area (Å²) in [7, 11) is 3.62. The molecule has 2 amide bonds. The standard InChI is InChI=1S/C19H24N8O2S/c1-27(16-14-3-4-20-15(14)21-9-22-16)13-7-10-5-12(6-11(10)8-13)23-17(28)24-19-25-18(29-2)26-30-19/h3-4,9-13H,5-8H2,1-2H3,(H,20,21,22)(H2,23,24,25,26,28)/t10-,11?,12?,13?/m1/s1. The van der Waals surface area contributed by atoms with Crippen LogP contribution in [-0.2, 0) is 0 Å². The topological polar surface area (TPSA) is 121 Å². The molecule has 4 atom stereocenters. The summed E-state index contributed by atoms with van der Waals surface area (Å²) in [5, 5.41) is 7.32. The van der Waals surface area contributed by atoms with E-state index in [4.69, 9.17) is 4.74 Å². The Morgan fingerprint density at radius 2 is 2.07 bits per heavy atom. The van der Waals surface area contributed by atoms with Crippen molar-refractivity contribution in [3.05, 3.63) is 18.6 Å². The van der Waals surface area contributed by atoms with Crippen LogP contribution in [0.5, 0.6) is 6.01 Å². The zero-order chi connectivity index (χ0) is 20.7. The van der Waals surface area contributed by atoms with Gasteiger partial charge in [-0.1, -0.05) is 0 Å². The van der Waals surface area contributed by atoms with Gasteiger partial charge in [0, 0.05) is 36.9 Å². The van der Waals surface area contributed by atoms with E-state index in [1.807, 2.05) is 12.3 Å². The number of carbonyl (C=O) groups excluding carboxylic acids is 1. The van der Waals surface area contributed by atoms with Crippen LogP contribution in [0, 0.1) is 11.8 Å². The number of nitrogens with zero attached hydrogens (tertiary/aromatic N) is 5. The lowest BCUT2D eigenvalue weighted by Gasteiger charge is -2.27. The normalized spacial score (nSPS) is 25.3. The van der Waals surface area contributed by atoms with Crippen molar-refractivity contribution in [1.82, 2.24) is 29.6 Å². The monoisotopic (exact) mass is 428 g/mol. The average Bonchev–Trinajstić information content (AvgIpc) is 3.50. The number of anilines is 2. The lowest BCUT2D eigenvalue weighted by atomic mass is 10.0. The van der Waals surface area contributed by atoms with Crippen molar-refractivity contribution in [2.45, 2.75) is 37.8 Å². The second kappa shape index (κ2) is 7.71. The van der Waals surface area contributed by atoms with Gasteiger partial charge in [0.05, 0.1) is 12.5 Å². The molecule has 0 aliphatic heterocycles. The maximum atomic E-state index is 12.3. The molecule has 0 saturated heterocycles. The van der Waals surface area contributed by atoms with Crippen molar-refractivity contribution in [3.63, 3.8) is 0 Å². The minimum Gasteiger partial charge on any atom is -0.466 e. The van der Waals surface area contributed by atoms with Gasteiger partial charge in [-0.25, -0.2) is 14.8 Å². The van der Waals surface area contributed by atoms with Crippen LogP contribution in [0.25, 0.3) is 11.0 Å². The number of fused-ring (bicyclic) bond motifs is 2. The summed E-state index contributed by atoms with van der Waals surface area (Å²) in [5.74, 6) is 2.22. The largest absolute Gasteiger partial charge is 0.466 e. The first kappa shape index (κ1) is 19.0. The molecule has 2 aliphatic rings. The number of aromatic amines is 1. The molecule has 2 saturated carbocycles. The second-order valence-electron chi connectivity index (χ2n) is 8.05. The van der Waals surface area contributed by atoms with E-state index in [1.165, 1.54) is 7.11 Å². The molecule has 3 aromatic heterocycles. The molecule has 3 heterocycles. The lowest BCUT2D eigenvalue weighted by molar-refractivity contribution is 0.248. The fourth-order valence-electron chi connectivity index (χ4n) is 4.99. The molecule has 11 heteroatoms. The number of hydrogen-bond donors (Lipinski definition) is 3. The smallest absolute Gasteiger partial charge is 0.329 e. The second-order valence-corrected chi connectivity index (χ2v) is 8.80. The van der Waals surface area contributed by atoms with E-state index >= 15 is 0 Å². The molecule has 0 spiro atoms. The summed E-state index contributed by atoms with van der Waals surface area (Å²) in [4.78, 5) is 30.6. The number of ether oxygens (including phenoxy) is 1. The Morgan fingerprint density at radius 1 is 1.27 bits per heavy atom. The fourth-order valence-corrected chi connectivity index (χ4v) is 5.53. The molecule has 3 aromatic rings. The average molecular weight is 429 g/mol. The molecule has 0 radical (unpaired) electrons. The first-order chi connectivity index (χ1) is 14.6. The van der Waals surface area contributed by atoms with Crippen LogP contribution < -0.4 is 20.3 Å². The number of nitrogens with one attached hydrogen (secondary N) is 3. The van der Waals surface area contributed by atoms with Crippen molar-refractivity contribution >= 4 is 39.5 Å². The number of rotatable bonds is 5. The first-order valence-corrected chi connectivity index (χ1v) is 10.8. The molecule has 5 rings (SSSR count). The predicted molar refractivity (Wildman–Crippen MR) is 114 cm³/mol. The van der Waals surface area contributed by atoms with Gasteiger partial charge in [-0.05, 0) is 43.6 Å². The van der Waals surface area contributed by atoms with Crippen molar-refractivity contribution in [1.29, 1.82) is 0 Å². The van der Waals surface area contributed by atoms with E-state index in [2.05, 4.69) is 46.9 Å². The van der Waals surface area contributed by atoms with Gasteiger partial charge in [-0.3, -0.25) is 5.32 Å². The first-order valence-electron chi connectivity index (χ1n) is 10.1. The SMILES string of the molecule is COc1nsc(NC(=O)NC2CC3CC(N(C)c4ncnc5[nH]ccc45)C[C@H]3C2)n1. The number of H-pyrrole nitrogens is 1. The third kappa shape index (κ3) is 3.53. The van der Waals surface area contributed by atoms with E-state index in [0.717, 1.165) is 54.1 Å².